The number of nitrogens with zero attached hydrogens (tertiary/aromatic N) is 1. The lowest BCUT2D eigenvalue weighted by molar-refractivity contribution is -0.141. The molecule has 0 unspecified atom stereocenters. The van der Waals surface area contributed by atoms with Crippen molar-refractivity contribution in [1.82, 2.24) is 15.8 Å². The van der Waals surface area contributed by atoms with Crippen LogP contribution in [0.25, 0.3) is 0 Å². The number of amides is 4. The van der Waals surface area contributed by atoms with Crippen LogP contribution >= 0.6 is 11.6 Å². The van der Waals surface area contributed by atoms with Gasteiger partial charge in [0.05, 0.1) is 6.54 Å². The summed E-state index contributed by atoms with van der Waals surface area (Å²) in [7, 11) is 0. The lowest BCUT2D eigenvalue weighted by atomic mass is 9.84. The Balaban J connectivity index is 2.02. The number of alkyl carbamates (subject to hydrolysis) is 1. The molecule has 1 saturated carbocycles. The Kier molecular flexibility index (Phi) is 10.8. The van der Waals surface area contributed by atoms with E-state index in [1.54, 1.807) is 0 Å². The summed E-state index contributed by atoms with van der Waals surface area (Å²) in [6.45, 7) is -0.0405. The summed E-state index contributed by atoms with van der Waals surface area (Å²) in [6.07, 6.45) is 4.81. The molecule has 9 nitrogen and oxygen atoms in total. The van der Waals surface area contributed by atoms with Crippen molar-refractivity contribution in [3.05, 3.63) is 35.9 Å². The molecule has 1 aromatic carbocycles. The number of hydrogen-bond donors (Lipinski definition) is 3. The molecule has 1 fully saturated rings. The van der Waals surface area contributed by atoms with Crippen LogP contribution in [0.1, 0.15) is 50.5 Å². The number of nitrogens with one attached hydrogen (secondary N) is 2. The van der Waals surface area contributed by atoms with Gasteiger partial charge in [0.1, 0.15) is 18.5 Å². The molecule has 32 heavy (non-hydrogen) atoms. The van der Waals surface area contributed by atoms with Crippen molar-refractivity contribution < 1.29 is 23.9 Å². The van der Waals surface area contributed by atoms with E-state index in [9.17, 15) is 19.2 Å². The van der Waals surface area contributed by atoms with Gasteiger partial charge in [-0.25, -0.2) is 4.79 Å². The van der Waals surface area contributed by atoms with Gasteiger partial charge in [-0.2, -0.15) is 0 Å². The van der Waals surface area contributed by atoms with Crippen molar-refractivity contribution in [3.8, 4) is 0 Å². The Labute approximate surface area is 192 Å². The van der Waals surface area contributed by atoms with Gasteiger partial charge in [0.2, 0.25) is 5.91 Å². The highest BCUT2D eigenvalue weighted by molar-refractivity contribution is 6.27. The lowest BCUT2D eigenvalue weighted by Crippen LogP contribution is -2.55. The predicted octanol–water partition coefficient (Wildman–Crippen LogP) is 2.23. The van der Waals surface area contributed by atoms with Crippen LogP contribution in [0.2, 0.25) is 0 Å². The number of hydrazine groups is 1. The van der Waals surface area contributed by atoms with Crippen molar-refractivity contribution in [1.29, 1.82) is 0 Å². The molecule has 10 heteroatoms. The average molecular weight is 467 g/mol. The number of rotatable bonds is 10. The van der Waals surface area contributed by atoms with Gasteiger partial charge in [0.15, 0.2) is 0 Å². The van der Waals surface area contributed by atoms with E-state index in [1.807, 2.05) is 30.3 Å². The summed E-state index contributed by atoms with van der Waals surface area (Å²) < 4.78 is 5.26. The minimum Gasteiger partial charge on any atom is -0.445 e. The molecule has 0 bridgehead atoms. The molecule has 0 radical (unpaired) electrons. The molecule has 1 atom stereocenters. The third-order valence-corrected chi connectivity index (χ3v) is 5.59. The molecule has 0 spiro atoms. The fourth-order valence-electron chi connectivity index (χ4n) is 3.64. The molecule has 0 saturated heterocycles. The van der Waals surface area contributed by atoms with Crippen LogP contribution in [0.4, 0.5) is 4.79 Å². The number of carbonyl (C=O) groups is 4. The normalized spacial score (nSPS) is 14.8. The highest BCUT2D eigenvalue weighted by atomic mass is 35.5. The van der Waals surface area contributed by atoms with Crippen LogP contribution in [0.15, 0.2) is 30.3 Å². The lowest BCUT2D eigenvalue weighted by Gasteiger charge is -2.29. The first-order chi connectivity index (χ1) is 15.4. The maximum Gasteiger partial charge on any atom is 0.408 e. The zero-order valence-electron chi connectivity index (χ0n) is 18.1. The van der Waals surface area contributed by atoms with E-state index in [4.69, 9.17) is 22.1 Å². The standard InChI is InChI=1S/C22H31ClN4O5/c23-14-20(29)27(12-11-19(24)28)26-21(30)18(13-16-7-3-1-4-8-16)25-22(31)32-15-17-9-5-2-6-10-17/h2,5-6,9-10,16,18H,1,3-4,7-8,11-15H2,(H2,24,28)(H,25,31)(H,26,30)/t18-/m1/s1. The minimum absolute atomic E-state index is 0.0694. The van der Waals surface area contributed by atoms with Crippen LogP contribution in [0.5, 0.6) is 0 Å². The van der Waals surface area contributed by atoms with Gasteiger partial charge < -0.3 is 15.8 Å². The molecule has 1 aliphatic carbocycles. The SMILES string of the molecule is NC(=O)CCN(NC(=O)[C@@H](CC1CCCCC1)NC(=O)OCc1ccccc1)C(=O)CCl. The first-order valence-electron chi connectivity index (χ1n) is 10.8. The quantitative estimate of drug-likeness (QED) is 0.359. The van der Waals surface area contributed by atoms with E-state index in [0.717, 1.165) is 42.7 Å². The Morgan fingerprint density at radius 3 is 2.44 bits per heavy atom. The van der Waals surface area contributed by atoms with E-state index in [1.165, 1.54) is 0 Å². The Morgan fingerprint density at radius 1 is 1.12 bits per heavy atom. The number of alkyl halides is 1. The third kappa shape index (κ3) is 9.13. The Morgan fingerprint density at radius 2 is 1.81 bits per heavy atom. The predicted molar refractivity (Wildman–Crippen MR) is 119 cm³/mol. The largest absolute Gasteiger partial charge is 0.445 e. The number of benzene rings is 1. The molecule has 176 valence electrons. The van der Waals surface area contributed by atoms with E-state index >= 15 is 0 Å². The van der Waals surface area contributed by atoms with Crippen LogP contribution in [-0.2, 0) is 25.7 Å². The molecule has 0 aliphatic heterocycles. The second kappa shape index (κ2) is 13.6. The zero-order chi connectivity index (χ0) is 23.3. The highest BCUT2D eigenvalue weighted by Gasteiger charge is 2.28. The zero-order valence-corrected chi connectivity index (χ0v) is 18.8. The monoisotopic (exact) mass is 466 g/mol. The number of hydrogen-bond acceptors (Lipinski definition) is 5. The van der Waals surface area contributed by atoms with E-state index < -0.39 is 29.9 Å². The van der Waals surface area contributed by atoms with Gasteiger partial charge >= 0.3 is 6.09 Å². The average Bonchev–Trinajstić information content (AvgIpc) is 2.80. The van der Waals surface area contributed by atoms with Gasteiger partial charge in [0.25, 0.3) is 11.8 Å². The van der Waals surface area contributed by atoms with Crippen molar-refractivity contribution in [2.45, 2.75) is 57.6 Å². The van der Waals surface area contributed by atoms with E-state index in [0.29, 0.717) is 6.42 Å². The number of carbonyl (C=O) groups excluding carboxylic acids is 4. The summed E-state index contributed by atoms with van der Waals surface area (Å²) >= 11 is 5.62. The fraction of sp³-hybridized carbons (Fsp3) is 0.545. The van der Waals surface area contributed by atoms with Gasteiger partial charge in [-0.05, 0) is 17.9 Å². The van der Waals surface area contributed by atoms with Gasteiger partial charge in [-0.15, -0.1) is 11.6 Å². The minimum atomic E-state index is -0.902. The molecule has 4 amide bonds. The van der Waals surface area contributed by atoms with Crippen LogP contribution in [0.3, 0.4) is 0 Å². The first kappa shape index (κ1) is 25.5. The summed E-state index contributed by atoms with van der Waals surface area (Å²) in [5.41, 5.74) is 8.44. The molecule has 1 aromatic rings. The van der Waals surface area contributed by atoms with Gasteiger partial charge in [-0.3, -0.25) is 24.8 Å². The Hall–Kier alpha value is -2.81. The molecular weight excluding hydrogens is 436 g/mol. The molecule has 0 aromatic heterocycles. The summed E-state index contributed by atoms with van der Waals surface area (Å²) in [6, 6.07) is 8.29. The number of ether oxygens (including phenoxy) is 1. The van der Waals surface area contributed by atoms with Crippen molar-refractivity contribution in [2.75, 3.05) is 12.4 Å². The second-order valence-corrected chi connectivity index (χ2v) is 8.14. The van der Waals surface area contributed by atoms with Crippen LogP contribution in [0, 0.1) is 5.92 Å². The van der Waals surface area contributed by atoms with Gasteiger partial charge in [-0.1, -0.05) is 62.4 Å². The van der Waals surface area contributed by atoms with E-state index in [-0.39, 0.29) is 31.4 Å². The smallest absolute Gasteiger partial charge is 0.408 e. The second-order valence-electron chi connectivity index (χ2n) is 7.87. The maximum absolute atomic E-state index is 13.0. The van der Waals surface area contributed by atoms with Crippen LogP contribution < -0.4 is 16.5 Å². The van der Waals surface area contributed by atoms with Gasteiger partial charge in [0, 0.05) is 6.42 Å². The summed E-state index contributed by atoms with van der Waals surface area (Å²) in [4.78, 5) is 48.5. The van der Waals surface area contributed by atoms with Crippen LogP contribution in [-0.4, -0.2) is 47.3 Å². The first-order valence-corrected chi connectivity index (χ1v) is 11.3. The summed E-state index contributed by atoms with van der Waals surface area (Å²) in [5.74, 6) is -1.87. The van der Waals surface area contributed by atoms with Crippen molar-refractivity contribution in [3.63, 3.8) is 0 Å². The molecular formula is C22H31ClN4O5. The molecule has 2 rings (SSSR count). The number of primary amides is 1. The van der Waals surface area contributed by atoms with E-state index in [2.05, 4.69) is 10.7 Å². The Bertz CT molecular complexity index is 771. The molecule has 4 N–H and O–H groups in total. The summed E-state index contributed by atoms with van der Waals surface area (Å²) in [5, 5.41) is 3.59. The molecule has 1 aliphatic rings. The highest BCUT2D eigenvalue weighted by Crippen LogP contribution is 2.27. The number of nitrogens with two attached hydrogens (primary N) is 1. The number of halogens is 1. The fourth-order valence-corrected chi connectivity index (χ4v) is 3.79. The maximum atomic E-state index is 13.0. The molecule has 0 heterocycles. The third-order valence-electron chi connectivity index (χ3n) is 5.36. The topological polar surface area (TPSA) is 131 Å². The van der Waals surface area contributed by atoms with Crippen molar-refractivity contribution in [2.24, 2.45) is 11.7 Å². The van der Waals surface area contributed by atoms with Crippen molar-refractivity contribution >= 4 is 35.4 Å².